The molecule has 1 saturated carbocycles. The number of nitrogens with zero attached hydrogens (tertiary/aromatic N) is 1. The zero-order chi connectivity index (χ0) is 13.8. The van der Waals surface area contributed by atoms with E-state index in [0.717, 1.165) is 38.6 Å². The third kappa shape index (κ3) is 4.20. The maximum absolute atomic E-state index is 12.1. The molecule has 1 aliphatic heterocycles. The molecule has 2 fully saturated rings. The van der Waals surface area contributed by atoms with Gasteiger partial charge in [-0.15, -0.1) is 0 Å². The Labute approximate surface area is 114 Å². The van der Waals surface area contributed by atoms with Crippen molar-refractivity contribution in [1.82, 2.24) is 10.2 Å². The van der Waals surface area contributed by atoms with Crippen molar-refractivity contribution in [2.45, 2.75) is 70.0 Å². The maximum atomic E-state index is 12.1. The van der Waals surface area contributed by atoms with Crippen LogP contribution in [0, 0.1) is 0 Å². The lowest BCUT2D eigenvalue weighted by molar-refractivity contribution is -0.137. The van der Waals surface area contributed by atoms with Crippen LogP contribution in [0.2, 0.25) is 0 Å². The van der Waals surface area contributed by atoms with Gasteiger partial charge in [0.1, 0.15) is 0 Å². The molecule has 1 heterocycles. The van der Waals surface area contributed by atoms with Crippen molar-refractivity contribution in [2.24, 2.45) is 0 Å². The first-order chi connectivity index (χ1) is 9.08. The summed E-state index contributed by atoms with van der Waals surface area (Å²) in [7, 11) is 0. The lowest BCUT2D eigenvalue weighted by Gasteiger charge is -2.39. The number of carboxylic acids is 1. The Bertz CT molecular complexity index is 342. The summed E-state index contributed by atoms with van der Waals surface area (Å²) in [6.45, 7) is 2.85. The molecule has 0 aromatic rings. The molecule has 108 valence electrons. The number of piperidine rings is 1. The Balaban J connectivity index is 1.88. The fourth-order valence-corrected chi connectivity index (χ4v) is 2.83. The van der Waals surface area contributed by atoms with E-state index < -0.39 is 5.97 Å². The number of carbonyl (C=O) groups is 2. The minimum absolute atomic E-state index is 0.102. The lowest BCUT2D eigenvalue weighted by atomic mass is 9.96. The molecule has 1 saturated heterocycles. The summed E-state index contributed by atoms with van der Waals surface area (Å²) in [4.78, 5) is 25.0. The maximum Gasteiger partial charge on any atom is 0.303 e. The Hall–Kier alpha value is -1.10. The second-order valence-corrected chi connectivity index (χ2v) is 5.78. The molecule has 19 heavy (non-hydrogen) atoms. The molecular weight excluding hydrogens is 244 g/mol. The predicted octanol–water partition coefficient (Wildman–Crippen LogP) is 1.37. The molecule has 1 aliphatic carbocycles. The summed E-state index contributed by atoms with van der Waals surface area (Å²) in [5.74, 6) is -0.648. The van der Waals surface area contributed by atoms with E-state index in [9.17, 15) is 9.59 Å². The van der Waals surface area contributed by atoms with Crippen molar-refractivity contribution >= 4 is 11.9 Å². The molecule has 0 radical (unpaired) electrons. The first-order valence-electron chi connectivity index (χ1n) is 7.36. The third-order valence-electron chi connectivity index (χ3n) is 4.16. The van der Waals surface area contributed by atoms with E-state index in [2.05, 4.69) is 10.2 Å². The van der Waals surface area contributed by atoms with Crippen molar-refractivity contribution < 1.29 is 14.7 Å². The summed E-state index contributed by atoms with van der Waals surface area (Å²) < 4.78 is 0. The van der Waals surface area contributed by atoms with E-state index in [1.165, 1.54) is 0 Å². The van der Waals surface area contributed by atoms with Gasteiger partial charge >= 0.3 is 5.97 Å². The van der Waals surface area contributed by atoms with Crippen LogP contribution in [0.3, 0.4) is 0 Å². The number of nitrogens with one attached hydrogen (secondary N) is 1. The topological polar surface area (TPSA) is 69.6 Å². The highest BCUT2D eigenvalue weighted by Gasteiger charge is 2.32. The quantitative estimate of drug-likeness (QED) is 0.763. The molecular formula is C14H24N2O3. The van der Waals surface area contributed by atoms with Crippen LogP contribution < -0.4 is 5.32 Å². The molecule has 2 N–H and O–H groups in total. The number of carboxylic acid groups (broad SMARTS) is 1. The summed E-state index contributed by atoms with van der Waals surface area (Å²) in [6.07, 6.45) is 6.28. The van der Waals surface area contributed by atoms with Gasteiger partial charge in [0.25, 0.3) is 0 Å². The van der Waals surface area contributed by atoms with Gasteiger partial charge in [0.2, 0.25) is 5.91 Å². The Morgan fingerprint density at radius 1 is 1.32 bits per heavy atom. The van der Waals surface area contributed by atoms with Gasteiger partial charge in [-0.2, -0.15) is 0 Å². The summed E-state index contributed by atoms with van der Waals surface area (Å²) >= 11 is 0. The van der Waals surface area contributed by atoms with Gasteiger partial charge in [0.15, 0.2) is 0 Å². The number of hydrogen-bond acceptors (Lipinski definition) is 3. The summed E-state index contributed by atoms with van der Waals surface area (Å²) in [5, 5.41) is 11.8. The van der Waals surface area contributed by atoms with Crippen LogP contribution in [0.25, 0.3) is 0 Å². The number of amides is 1. The minimum atomic E-state index is -0.749. The first kappa shape index (κ1) is 14.3. The van der Waals surface area contributed by atoms with Crippen molar-refractivity contribution in [3.05, 3.63) is 0 Å². The van der Waals surface area contributed by atoms with Crippen LogP contribution in [0.4, 0.5) is 0 Å². The van der Waals surface area contributed by atoms with Gasteiger partial charge in [-0.3, -0.25) is 14.5 Å². The molecule has 5 heteroatoms. The molecule has 0 aromatic heterocycles. The van der Waals surface area contributed by atoms with E-state index in [1.54, 1.807) is 0 Å². The van der Waals surface area contributed by atoms with E-state index in [0.29, 0.717) is 12.5 Å². The van der Waals surface area contributed by atoms with E-state index in [1.807, 2.05) is 6.92 Å². The van der Waals surface area contributed by atoms with Crippen molar-refractivity contribution in [2.75, 3.05) is 6.54 Å². The molecule has 2 aliphatic rings. The number of carbonyl (C=O) groups excluding carboxylic acids is 1. The molecule has 2 unspecified atom stereocenters. The molecule has 0 spiro atoms. The minimum Gasteiger partial charge on any atom is -0.481 e. The van der Waals surface area contributed by atoms with Crippen molar-refractivity contribution in [3.8, 4) is 0 Å². The number of likely N-dealkylation sites (tertiary alicyclic amines) is 1. The summed E-state index contributed by atoms with van der Waals surface area (Å²) in [6, 6.07) is 0.488. The Morgan fingerprint density at radius 2 is 2.05 bits per heavy atom. The molecule has 0 bridgehead atoms. The zero-order valence-electron chi connectivity index (χ0n) is 11.6. The molecule has 0 aromatic carbocycles. The van der Waals surface area contributed by atoms with Gasteiger partial charge in [-0.25, -0.2) is 0 Å². The normalized spacial score (nSPS) is 25.8. The lowest BCUT2D eigenvalue weighted by Crippen LogP contribution is -2.52. The van der Waals surface area contributed by atoms with Crippen LogP contribution in [-0.2, 0) is 9.59 Å². The fourth-order valence-electron chi connectivity index (χ4n) is 2.83. The number of rotatable bonds is 6. The first-order valence-corrected chi connectivity index (χ1v) is 7.36. The van der Waals surface area contributed by atoms with Gasteiger partial charge in [0, 0.05) is 18.5 Å². The van der Waals surface area contributed by atoms with Crippen LogP contribution in [-0.4, -0.2) is 46.6 Å². The zero-order valence-corrected chi connectivity index (χ0v) is 11.6. The van der Waals surface area contributed by atoms with Crippen LogP contribution in [0.5, 0.6) is 0 Å². The van der Waals surface area contributed by atoms with Crippen LogP contribution in [0.1, 0.15) is 51.9 Å². The average Bonchev–Trinajstić information content (AvgIpc) is 3.19. The molecule has 1 amide bonds. The Morgan fingerprint density at radius 3 is 2.68 bits per heavy atom. The summed E-state index contributed by atoms with van der Waals surface area (Å²) in [5.41, 5.74) is 0. The average molecular weight is 268 g/mol. The predicted molar refractivity (Wildman–Crippen MR) is 71.8 cm³/mol. The molecule has 2 rings (SSSR count). The van der Waals surface area contributed by atoms with Gasteiger partial charge in [-0.05, 0) is 45.6 Å². The van der Waals surface area contributed by atoms with E-state index >= 15 is 0 Å². The van der Waals surface area contributed by atoms with E-state index in [-0.39, 0.29) is 24.4 Å². The SMILES string of the molecule is CC(C(=O)NC1CC1)N1CCCCC1CCC(=O)O. The van der Waals surface area contributed by atoms with Crippen molar-refractivity contribution in [1.29, 1.82) is 0 Å². The second-order valence-electron chi connectivity index (χ2n) is 5.78. The monoisotopic (exact) mass is 268 g/mol. The van der Waals surface area contributed by atoms with Gasteiger partial charge < -0.3 is 10.4 Å². The largest absolute Gasteiger partial charge is 0.481 e. The highest BCUT2D eigenvalue weighted by atomic mass is 16.4. The Kier molecular flexibility index (Phi) is 4.80. The molecule has 5 nitrogen and oxygen atoms in total. The molecule has 2 atom stereocenters. The third-order valence-corrected chi connectivity index (χ3v) is 4.16. The number of hydrogen-bond donors (Lipinski definition) is 2. The van der Waals surface area contributed by atoms with Gasteiger partial charge in [0.05, 0.1) is 6.04 Å². The highest BCUT2D eigenvalue weighted by molar-refractivity contribution is 5.82. The fraction of sp³-hybridized carbons (Fsp3) is 0.857. The smallest absolute Gasteiger partial charge is 0.303 e. The highest BCUT2D eigenvalue weighted by Crippen LogP contribution is 2.24. The van der Waals surface area contributed by atoms with E-state index in [4.69, 9.17) is 5.11 Å². The van der Waals surface area contributed by atoms with Gasteiger partial charge in [-0.1, -0.05) is 6.42 Å². The second kappa shape index (κ2) is 6.37. The van der Waals surface area contributed by atoms with Crippen LogP contribution in [0.15, 0.2) is 0 Å². The van der Waals surface area contributed by atoms with Crippen LogP contribution >= 0.6 is 0 Å². The standard InChI is InChI=1S/C14H24N2O3/c1-10(14(19)15-11-5-6-11)16-9-3-2-4-12(16)7-8-13(17)18/h10-12H,2-9H2,1H3,(H,15,19)(H,17,18). The number of aliphatic carboxylic acids is 1. The van der Waals surface area contributed by atoms with Crippen molar-refractivity contribution in [3.63, 3.8) is 0 Å².